The number of alkyl halides is 1. The number of hydrogen-bond acceptors (Lipinski definition) is 2. The normalized spacial score (nSPS) is 22.6. The van der Waals surface area contributed by atoms with Gasteiger partial charge in [-0.3, -0.25) is 0 Å². The fraction of sp³-hybridized carbons (Fsp3) is 0.400. The van der Waals surface area contributed by atoms with Crippen molar-refractivity contribution in [1.29, 1.82) is 0 Å². The van der Waals surface area contributed by atoms with Gasteiger partial charge in [0.25, 0.3) is 0 Å². The molecule has 1 N–H and O–H groups in total. The number of rotatable bonds is 3. The molecule has 3 nitrogen and oxygen atoms in total. The number of benzene rings is 1. The first kappa shape index (κ1) is 13.4. The van der Waals surface area contributed by atoms with E-state index in [2.05, 4.69) is 11.8 Å². The molecule has 0 saturated carbocycles. The Bertz CT molecular complexity index is 512. The lowest BCUT2D eigenvalue weighted by molar-refractivity contribution is -0.0153. The van der Waals surface area contributed by atoms with Crippen LogP contribution in [-0.4, -0.2) is 16.9 Å². The van der Waals surface area contributed by atoms with Gasteiger partial charge in [0.2, 0.25) is 0 Å². The topological polar surface area (TPSA) is 46.5 Å². The lowest BCUT2D eigenvalue weighted by Crippen LogP contribution is -2.29. The Hall–Kier alpha value is -2.02. The molecule has 1 aromatic carbocycles. The summed E-state index contributed by atoms with van der Waals surface area (Å²) in [6.45, 7) is 0. The van der Waals surface area contributed by atoms with Gasteiger partial charge in [-0.05, 0) is 43.0 Å². The summed E-state index contributed by atoms with van der Waals surface area (Å²) in [5.41, 5.74) is 0.143. The van der Waals surface area contributed by atoms with E-state index in [9.17, 15) is 9.18 Å². The second kappa shape index (κ2) is 5.75. The van der Waals surface area contributed by atoms with Crippen LogP contribution in [0.5, 0.6) is 5.75 Å². The molecule has 0 radical (unpaired) electrons. The zero-order chi connectivity index (χ0) is 13.7. The molecule has 1 aliphatic rings. The SMILES string of the molecule is O=C(O)c1ccc(OC2(F)C#CCCCCC2)cc1. The maximum absolute atomic E-state index is 14.4. The van der Waals surface area contributed by atoms with E-state index in [0.29, 0.717) is 12.2 Å². The van der Waals surface area contributed by atoms with Crippen LogP contribution < -0.4 is 4.74 Å². The molecule has 100 valence electrons. The molecule has 1 aromatic rings. The van der Waals surface area contributed by atoms with Crippen LogP contribution in [0, 0.1) is 11.8 Å². The van der Waals surface area contributed by atoms with E-state index < -0.39 is 11.8 Å². The highest BCUT2D eigenvalue weighted by molar-refractivity contribution is 5.87. The van der Waals surface area contributed by atoms with Crippen LogP contribution in [0.1, 0.15) is 42.5 Å². The van der Waals surface area contributed by atoms with Crippen molar-refractivity contribution in [3.05, 3.63) is 29.8 Å². The fourth-order valence-corrected chi connectivity index (χ4v) is 1.93. The van der Waals surface area contributed by atoms with Crippen molar-refractivity contribution in [2.75, 3.05) is 0 Å². The van der Waals surface area contributed by atoms with Gasteiger partial charge in [0.05, 0.1) is 5.56 Å². The van der Waals surface area contributed by atoms with Gasteiger partial charge in [-0.25, -0.2) is 4.79 Å². The lowest BCUT2D eigenvalue weighted by atomic mass is 10.0. The minimum Gasteiger partial charge on any atom is -0.478 e. The first-order chi connectivity index (χ1) is 9.09. The molecule has 2 rings (SSSR count). The summed E-state index contributed by atoms with van der Waals surface area (Å²) in [5, 5.41) is 8.78. The minimum absolute atomic E-state index is 0.143. The van der Waals surface area contributed by atoms with Crippen molar-refractivity contribution in [2.24, 2.45) is 0 Å². The first-order valence-corrected chi connectivity index (χ1v) is 6.30. The Balaban J connectivity index is 2.12. The summed E-state index contributed by atoms with van der Waals surface area (Å²) in [6.07, 6.45) is 3.60. The zero-order valence-electron chi connectivity index (χ0n) is 10.5. The largest absolute Gasteiger partial charge is 0.478 e. The quantitative estimate of drug-likeness (QED) is 0.849. The summed E-state index contributed by atoms with van der Waals surface area (Å²) in [7, 11) is 0. The maximum Gasteiger partial charge on any atom is 0.335 e. The predicted molar refractivity (Wildman–Crippen MR) is 68.7 cm³/mol. The average Bonchev–Trinajstić information content (AvgIpc) is 2.35. The molecule has 0 spiro atoms. The van der Waals surface area contributed by atoms with Crippen molar-refractivity contribution in [3.8, 4) is 17.6 Å². The molecule has 0 aliphatic heterocycles. The highest BCUT2D eigenvalue weighted by Crippen LogP contribution is 2.26. The van der Waals surface area contributed by atoms with Gasteiger partial charge >= 0.3 is 11.8 Å². The van der Waals surface area contributed by atoms with Crippen molar-refractivity contribution in [3.63, 3.8) is 0 Å². The number of halogens is 1. The van der Waals surface area contributed by atoms with Crippen LogP contribution in [-0.2, 0) is 0 Å². The van der Waals surface area contributed by atoms with Crippen LogP contribution in [0.4, 0.5) is 4.39 Å². The molecular weight excluding hydrogens is 247 g/mol. The Morgan fingerprint density at radius 2 is 2.00 bits per heavy atom. The van der Waals surface area contributed by atoms with Gasteiger partial charge in [-0.2, -0.15) is 4.39 Å². The van der Waals surface area contributed by atoms with Crippen LogP contribution in [0.3, 0.4) is 0 Å². The molecule has 0 saturated heterocycles. The summed E-state index contributed by atoms with van der Waals surface area (Å²) in [6, 6.07) is 5.67. The monoisotopic (exact) mass is 262 g/mol. The number of aromatic carboxylic acids is 1. The van der Waals surface area contributed by atoms with Gasteiger partial charge in [-0.1, -0.05) is 12.3 Å². The Morgan fingerprint density at radius 1 is 1.26 bits per heavy atom. The van der Waals surface area contributed by atoms with E-state index in [1.165, 1.54) is 24.3 Å². The van der Waals surface area contributed by atoms with Gasteiger partial charge < -0.3 is 9.84 Å². The Kier molecular flexibility index (Phi) is 4.06. The molecule has 19 heavy (non-hydrogen) atoms. The van der Waals surface area contributed by atoms with Gasteiger partial charge in [0.15, 0.2) is 0 Å². The molecule has 1 aliphatic carbocycles. The molecule has 1 unspecified atom stereocenters. The van der Waals surface area contributed by atoms with Crippen LogP contribution in [0.15, 0.2) is 24.3 Å². The lowest BCUT2D eigenvalue weighted by Gasteiger charge is -2.22. The molecule has 4 heteroatoms. The Labute approximate surface area is 111 Å². The molecule has 1 atom stereocenters. The number of carbonyl (C=O) groups is 1. The summed E-state index contributed by atoms with van der Waals surface area (Å²) in [4.78, 5) is 10.7. The smallest absolute Gasteiger partial charge is 0.335 e. The zero-order valence-corrected chi connectivity index (χ0v) is 10.5. The molecular formula is C15H15FO3. The summed E-state index contributed by atoms with van der Waals surface area (Å²) < 4.78 is 19.7. The second-order valence-electron chi connectivity index (χ2n) is 4.52. The maximum atomic E-state index is 14.4. The van der Waals surface area contributed by atoms with Crippen molar-refractivity contribution in [1.82, 2.24) is 0 Å². The van der Waals surface area contributed by atoms with Crippen molar-refractivity contribution >= 4 is 5.97 Å². The molecule has 0 fully saturated rings. The molecule has 0 bridgehead atoms. The van der Waals surface area contributed by atoms with Crippen LogP contribution >= 0.6 is 0 Å². The molecule has 0 aromatic heterocycles. The van der Waals surface area contributed by atoms with E-state index in [1.807, 2.05) is 0 Å². The Morgan fingerprint density at radius 3 is 2.68 bits per heavy atom. The highest BCUT2D eigenvalue weighted by Gasteiger charge is 2.29. The predicted octanol–water partition coefficient (Wildman–Crippen LogP) is 3.40. The number of ether oxygens (including phenoxy) is 1. The first-order valence-electron chi connectivity index (χ1n) is 6.30. The fourth-order valence-electron chi connectivity index (χ4n) is 1.93. The molecule has 0 amide bonds. The second-order valence-corrected chi connectivity index (χ2v) is 4.52. The summed E-state index contributed by atoms with van der Waals surface area (Å²) >= 11 is 0. The van der Waals surface area contributed by atoms with E-state index in [4.69, 9.17) is 9.84 Å². The van der Waals surface area contributed by atoms with E-state index in [1.54, 1.807) is 0 Å². The number of carboxylic acid groups (broad SMARTS) is 1. The van der Waals surface area contributed by atoms with E-state index in [-0.39, 0.29) is 12.0 Å². The van der Waals surface area contributed by atoms with Crippen molar-refractivity contribution in [2.45, 2.75) is 38.0 Å². The van der Waals surface area contributed by atoms with Gasteiger partial charge in [0, 0.05) is 12.8 Å². The van der Waals surface area contributed by atoms with Crippen LogP contribution in [0.25, 0.3) is 0 Å². The summed E-state index contributed by atoms with van der Waals surface area (Å²) in [5.74, 6) is 2.62. The third-order valence-electron chi connectivity index (χ3n) is 2.96. The number of hydrogen-bond donors (Lipinski definition) is 1. The highest BCUT2D eigenvalue weighted by atomic mass is 19.2. The van der Waals surface area contributed by atoms with E-state index in [0.717, 1.165) is 19.3 Å². The third kappa shape index (κ3) is 3.72. The van der Waals surface area contributed by atoms with Gasteiger partial charge in [-0.15, -0.1) is 0 Å². The standard InChI is InChI=1S/C15H15FO3/c16-15(10-4-2-1-3-5-11-15)19-13-8-6-12(7-9-13)14(17)18/h6-9H,1-4,10H2,(H,17,18). The van der Waals surface area contributed by atoms with Crippen molar-refractivity contribution < 1.29 is 19.0 Å². The average molecular weight is 262 g/mol. The van der Waals surface area contributed by atoms with E-state index >= 15 is 0 Å². The van der Waals surface area contributed by atoms with Crippen LogP contribution in [0.2, 0.25) is 0 Å². The number of carboxylic acids is 1. The minimum atomic E-state index is -1.97. The third-order valence-corrected chi connectivity index (χ3v) is 2.96. The molecule has 0 heterocycles. The van der Waals surface area contributed by atoms with Gasteiger partial charge in [0.1, 0.15) is 5.75 Å².